The smallest absolute Gasteiger partial charge is 0.251 e. The third-order valence-corrected chi connectivity index (χ3v) is 4.60. The third kappa shape index (κ3) is 6.18. The lowest BCUT2D eigenvalue weighted by atomic mass is 10.0. The topological polar surface area (TPSA) is 80.3 Å². The van der Waals surface area contributed by atoms with Gasteiger partial charge in [-0.05, 0) is 67.6 Å². The molecule has 0 aliphatic carbocycles. The molecule has 1 aromatic heterocycles. The number of ether oxygens (including phenoxy) is 1. The van der Waals surface area contributed by atoms with Crippen LogP contribution in [-0.2, 0) is 16.1 Å². The Kier molecular flexibility index (Phi) is 6.93. The van der Waals surface area contributed by atoms with Crippen molar-refractivity contribution < 1.29 is 14.3 Å². The van der Waals surface area contributed by atoms with E-state index in [-0.39, 0.29) is 17.9 Å². The molecule has 6 heteroatoms. The van der Waals surface area contributed by atoms with E-state index in [9.17, 15) is 9.59 Å². The van der Waals surface area contributed by atoms with Gasteiger partial charge in [-0.15, -0.1) is 0 Å². The fourth-order valence-corrected chi connectivity index (χ4v) is 3.04. The van der Waals surface area contributed by atoms with Crippen LogP contribution in [0, 0.1) is 0 Å². The van der Waals surface area contributed by atoms with E-state index in [1.165, 1.54) is 6.42 Å². The summed E-state index contributed by atoms with van der Waals surface area (Å²) in [5.41, 5.74) is 2.23. The summed E-state index contributed by atoms with van der Waals surface area (Å²) >= 11 is 0. The number of carbonyl (C=O) groups is 2. The minimum Gasteiger partial charge on any atom is -0.378 e. The first-order chi connectivity index (χ1) is 13.2. The zero-order valence-electron chi connectivity index (χ0n) is 15.3. The molecule has 1 atom stereocenters. The molecule has 2 aromatic rings. The molecule has 0 saturated carbocycles. The van der Waals surface area contributed by atoms with Crippen LogP contribution in [0.25, 0.3) is 0 Å². The predicted molar refractivity (Wildman–Crippen MR) is 103 cm³/mol. The molecular formula is C21H25N3O3. The van der Waals surface area contributed by atoms with Crippen LogP contribution < -0.4 is 10.6 Å². The maximum atomic E-state index is 12.2. The van der Waals surface area contributed by atoms with Crippen molar-refractivity contribution >= 4 is 17.5 Å². The van der Waals surface area contributed by atoms with E-state index in [1.54, 1.807) is 36.7 Å². The Hall–Kier alpha value is -2.73. The van der Waals surface area contributed by atoms with Gasteiger partial charge >= 0.3 is 0 Å². The Balaban J connectivity index is 1.43. The van der Waals surface area contributed by atoms with Gasteiger partial charge in [-0.1, -0.05) is 0 Å². The van der Waals surface area contributed by atoms with Crippen LogP contribution in [0.4, 0.5) is 5.69 Å². The quantitative estimate of drug-likeness (QED) is 0.787. The summed E-state index contributed by atoms with van der Waals surface area (Å²) in [5, 5.41) is 5.74. The molecule has 2 amide bonds. The number of aromatic nitrogens is 1. The summed E-state index contributed by atoms with van der Waals surface area (Å²) in [4.78, 5) is 28.2. The average molecular weight is 367 g/mol. The normalized spacial score (nSPS) is 16.5. The second kappa shape index (κ2) is 9.83. The summed E-state index contributed by atoms with van der Waals surface area (Å²) in [6.07, 6.45) is 8.12. The van der Waals surface area contributed by atoms with Crippen molar-refractivity contribution in [2.45, 2.75) is 44.8 Å². The van der Waals surface area contributed by atoms with E-state index in [0.717, 1.165) is 31.4 Å². The monoisotopic (exact) mass is 367 g/mol. The third-order valence-electron chi connectivity index (χ3n) is 4.60. The maximum Gasteiger partial charge on any atom is 0.251 e. The Labute approximate surface area is 159 Å². The molecule has 2 heterocycles. The standard InChI is InChI=1S/C21H25N3O3/c25-20(9-8-19-3-1-2-14-27-19)24-18-6-4-17(5-7-18)21(26)23-15-16-10-12-22-13-11-16/h4-7,10-13,19H,1-3,8-9,14-15H2,(H,23,26)(H,24,25)/t19-/m1/s1. The molecule has 1 aliphatic heterocycles. The molecule has 27 heavy (non-hydrogen) atoms. The summed E-state index contributed by atoms with van der Waals surface area (Å²) in [6, 6.07) is 10.6. The number of hydrogen-bond donors (Lipinski definition) is 2. The Bertz CT molecular complexity index is 741. The highest BCUT2D eigenvalue weighted by atomic mass is 16.5. The highest BCUT2D eigenvalue weighted by Gasteiger charge is 2.15. The van der Waals surface area contributed by atoms with Crippen molar-refractivity contribution in [1.29, 1.82) is 0 Å². The number of nitrogens with zero attached hydrogens (tertiary/aromatic N) is 1. The molecule has 1 fully saturated rings. The Morgan fingerprint density at radius 2 is 1.85 bits per heavy atom. The minimum atomic E-state index is -0.154. The van der Waals surface area contributed by atoms with Gasteiger partial charge in [0.05, 0.1) is 6.10 Å². The molecule has 1 saturated heterocycles. The van der Waals surface area contributed by atoms with E-state index in [4.69, 9.17) is 4.74 Å². The number of hydrogen-bond acceptors (Lipinski definition) is 4. The van der Waals surface area contributed by atoms with Crippen molar-refractivity contribution in [2.24, 2.45) is 0 Å². The Morgan fingerprint density at radius 3 is 2.56 bits per heavy atom. The summed E-state index contributed by atoms with van der Waals surface area (Å²) in [6.45, 7) is 1.25. The van der Waals surface area contributed by atoms with Crippen LogP contribution in [0.15, 0.2) is 48.8 Å². The van der Waals surface area contributed by atoms with Gasteiger partial charge in [-0.2, -0.15) is 0 Å². The molecular weight excluding hydrogens is 342 g/mol. The van der Waals surface area contributed by atoms with E-state index in [0.29, 0.717) is 24.2 Å². The van der Waals surface area contributed by atoms with Crippen molar-refractivity contribution in [3.8, 4) is 0 Å². The molecule has 0 unspecified atom stereocenters. The first kappa shape index (κ1) is 19.0. The van der Waals surface area contributed by atoms with Gasteiger partial charge in [0.25, 0.3) is 5.91 Å². The van der Waals surface area contributed by atoms with Crippen LogP contribution in [-0.4, -0.2) is 29.5 Å². The second-order valence-electron chi connectivity index (χ2n) is 6.69. The molecule has 6 nitrogen and oxygen atoms in total. The van der Waals surface area contributed by atoms with Crippen LogP contribution in [0.3, 0.4) is 0 Å². The zero-order chi connectivity index (χ0) is 18.9. The summed E-state index contributed by atoms with van der Waals surface area (Å²) in [5.74, 6) is -0.182. The number of nitrogens with one attached hydrogen (secondary N) is 2. The number of pyridine rings is 1. The van der Waals surface area contributed by atoms with Crippen LogP contribution in [0.5, 0.6) is 0 Å². The molecule has 0 bridgehead atoms. The molecule has 0 spiro atoms. The van der Waals surface area contributed by atoms with E-state index in [1.807, 2.05) is 12.1 Å². The lowest BCUT2D eigenvalue weighted by molar-refractivity contribution is -0.117. The molecule has 1 aliphatic rings. The van der Waals surface area contributed by atoms with E-state index in [2.05, 4.69) is 15.6 Å². The first-order valence-electron chi connectivity index (χ1n) is 9.39. The van der Waals surface area contributed by atoms with Gasteiger partial charge in [0.1, 0.15) is 0 Å². The zero-order valence-corrected chi connectivity index (χ0v) is 15.3. The summed E-state index contributed by atoms with van der Waals surface area (Å²) in [7, 11) is 0. The van der Waals surface area contributed by atoms with Gasteiger partial charge < -0.3 is 15.4 Å². The van der Waals surface area contributed by atoms with Crippen molar-refractivity contribution in [3.63, 3.8) is 0 Å². The molecule has 2 N–H and O–H groups in total. The van der Waals surface area contributed by atoms with Crippen molar-refractivity contribution in [1.82, 2.24) is 10.3 Å². The number of carbonyl (C=O) groups excluding carboxylic acids is 2. The van der Waals surface area contributed by atoms with Gasteiger partial charge in [0.15, 0.2) is 0 Å². The molecule has 142 valence electrons. The molecule has 3 rings (SSSR count). The maximum absolute atomic E-state index is 12.2. The SMILES string of the molecule is O=C(CC[C@H]1CCCCO1)Nc1ccc(C(=O)NCc2ccncc2)cc1. The van der Waals surface area contributed by atoms with E-state index < -0.39 is 0 Å². The first-order valence-corrected chi connectivity index (χ1v) is 9.39. The highest BCUT2D eigenvalue weighted by Crippen LogP contribution is 2.17. The fourth-order valence-electron chi connectivity index (χ4n) is 3.04. The lowest BCUT2D eigenvalue weighted by Gasteiger charge is -2.22. The minimum absolute atomic E-state index is 0.0286. The highest BCUT2D eigenvalue weighted by molar-refractivity contribution is 5.95. The van der Waals surface area contributed by atoms with Gasteiger partial charge in [0.2, 0.25) is 5.91 Å². The van der Waals surface area contributed by atoms with Gasteiger partial charge in [-0.25, -0.2) is 0 Å². The lowest BCUT2D eigenvalue weighted by Crippen LogP contribution is -2.23. The molecule has 0 radical (unpaired) electrons. The van der Waals surface area contributed by atoms with Crippen LogP contribution in [0.1, 0.15) is 48.0 Å². The fraction of sp³-hybridized carbons (Fsp3) is 0.381. The van der Waals surface area contributed by atoms with E-state index >= 15 is 0 Å². The van der Waals surface area contributed by atoms with Crippen molar-refractivity contribution in [3.05, 3.63) is 59.9 Å². The largest absolute Gasteiger partial charge is 0.378 e. The van der Waals surface area contributed by atoms with Gasteiger partial charge in [0, 0.05) is 43.2 Å². The van der Waals surface area contributed by atoms with Gasteiger partial charge in [-0.3, -0.25) is 14.6 Å². The number of rotatable bonds is 7. The Morgan fingerprint density at radius 1 is 1.07 bits per heavy atom. The second-order valence-corrected chi connectivity index (χ2v) is 6.69. The van der Waals surface area contributed by atoms with Crippen LogP contribution in [0.2, 0.25) is 0 Å². The number of benzene rings is 1. The molecule has 1 aromatic carbocycles. The van der Waals surface area contributed by atoms with Crippen molar-refractivity contribution in [2.75, 3.05) is 11.9 Å². The number of amides is 2. The summed E-state index contributed by atoms with van der Waals surface area (Å²) < 4.78 is 5.65. The average Bonchev–Trinajstić information content (AvgIpc) is 2.72. The number of anilines is 1. The predicted octanol–water partition coefficient (Wildman–Crippen LogP) is 3.30. The van der Waals surface area contributed by atoms with Crippen LogP contribution >= 0.6 is 0 Å².